The lowest BCUT2D eigenvalue weighted by atomic mass is 10.1. The zero-order valence-corrected chi connectivity index (χ0v) is 17.3. The van der Waals surface area contributed by atoms with E-state index in [1.54, 1.807) is 31.2 Å². The Kier molecular flexibility index (Phi) is 7.60. The first-order valence-electron chi connectivity index (χ1n) is 8.98. The summed E-state index contributed by atoms with van der Waals surface area (Å²) in [7, 11) is -2.48. The lowest BCUT2D eigenvalue weighted by Gasteiger charge is -2.11. The van der Waals surface area contributed by atoms with Crippen LogP contribution in [0.25, 0.3) is 0 Å². The molecule has 8 nitrogen and oxygen atoms in total. The van der Waals surface area contributed by atoms with Gasteiger partial charge in [-0.05, 0) is 50.1 Å². The highest BCUT2D eigenvalue weighted by Gasteiger charge is 2.18. The molecule has 0 aliphatic heterocycles. The van der Waals surface area contributed by atoms with Gasteiger partial charge in [0.25, 0.3) is 15.9 Å². The van der Waals surface area contributed by atoms with Crippen LogP contribution in [-0.4, -0.2) is 40.7 Å². The summed E-state index contributed by atoms with van der Waals surface area (Å²) in [5.74, 6) is 0.250. The number of sulfonamides is 1. The maximum absolute atomic E-state index is 12.4. The summed E-state index contributed by atoms with van der Waals surface area (Å²) in [5, 5.41) is 2.82. The summed E-state index contributed by atoms with van der Waals surface area (Å²) in [6.07, 6.45) is -0.517. The van der Waals surface area contributed by atoms with E-state index in [1.807, 2.05) is 17.7 Å². The second kappa shape index (κ2) is 9.92. The minimum absolute atomic E-state index is 0.0529. The van der Waals surface area contributed by atoms with Gasteiger partial charge in [0.1, 0.15) is 5.75 Å². The van der Waals surface area contributed by atoms with Gasteiger partial charge in [-0.25, -0.2) is 17.9 Å². The molecule has 0 atom stereocenters. The van der Waals surface area contributed by atoms with Crippen molar-refractivity contribution in [1.29, 1.82) is 0 Å². The van der Waals surface area contributed by atoms with Gasteiger partial charge in [-0.1, -0.05) is 23.8 Å². The number of ether oxygens (including phenoxy) is 2. The molecule has 9 heteroatoms. The number of methoxy groups -OCH3 is 1. The number of benzene rings is 2. The maximum atomic E-state index is 12.4. The van der Waals surface area contributed by atoms with Crippen molar-refractivity contribution in [2.75, 3.05) is 20.3 Å². The molecule has 2 amide bonds. The van der Waals surface area contributed by atoms with Crippen LogP contribution in [0.4, 0.5) is 4.79 Å². The molecule has 0 bridgehead atoms. The standard InChI is InChI=1S/C20H24N2O6S/c1-4-28-20(24)22-29(25,26)16-8-6-15(7-9-16)11-12-21-19(23)17-13-14(2)5-10-18(17)27-3/h5-10,13H,4,11-12H2,1-3H3,(H,21,23)(H,22,24). The summed E-state index contributed by atoms with van der Waals surface area (Å²) in [6, 6.07) is 11.4. The highest BCUT2D eigenvalue weighted by atomic mass is 32.2. The van der Waals surface area contributed by atoms with Crippen LogP contribution in [-0.2, 0) is 21.2 Å². The molecule has 2 aromatic rings. The number of amides is 2. The van der Waals surface area contributed by atoms with Gasteiger partial charge in [0.15, 0.2) is 0 Å². The van der Waals surface area contributed by atoms with Gasteiger partial charge in [0.2, 0.25) is 0 Å². The Morgan fingerprint density at radius 1 is 1.07 bits per heavy atom. The molecular weight excluding hydrogens is 396 g/mol. The number of carbonyl (C=O) groups is 2. The molecule has 0 saturated heterocycles. The highest BCUT2D eigenvalue weighted by Crippen LogP contribution is 2.19. The van der Waals surface area contributed by atoms with Crippen LogP contribution in [0, 0.1) is 6.92 Å². The fraction of sp³-hybridized carbons (Fsp3) is 0.300. The molecule has 2 N–H and O–H groups in total. The first-order valence-corrected chi connectivity index (χ1v) is 10.5. The minimum atomic E-state index is -3.99. The van der Waals surface area contributed by atoms with Gasteiger partial charge in [-0.15, -0.1) is 0 Å². The van der Waals surface area contributed by atoms with Gasteiger partial charge in [-0.3, -0.25) is 4.79 Å². The van der Waals surface area contributed by atoms with Crippen LogP contribution in [0.3, 0.4) is 0 Å². The Morgan fingerprint density at radius 3 is 2.38 bits per heavy atom. The average Bonchev–Trinajstić information content (AvgIpc) is 2.68. The van der Waals surface area contributed by atoms with Gasteiger partial charge >= 0.3 is 6.09 Å². The summed E-state index contributed by atoms with van der Waals surface area (Å²) in [4.78, 5) is 23.7. The Morgan fingerprint density at radius 2 is 1.76 bits per heavy atom. The second-order valence-corrected chi connectivity index (χ2v) is 7.86. The molecule has 0 spiro atoms. The molecule has 2 rings (SSSR count). The average molecular weight is 420 g/mol. The molecular formula is C20H24N2O6S. The zero-order valence-electron chi connectivity index (χ0n) is 16.5. The van der Waals surface area contributed by atoms with Crippen molar-refractivity contribution in [3.8, 4) is 5.75 Å². The largest absolute Gasteiger partial charge is 0.496 e. The molecule has 0 aliphatic carbocycles. The normalized spacial score (nSPS) is 10.9. The molecule has 0 saturated carbocycles. The molecule has 156 valence electrons. The molecule has 0 aromatic heterocycles. The number of rotatable bonds is 8. The van der Waals surface area contributed by atoms with Crippen molar-refractivity contribution in [2.45, 2.75) is 25.2 Å². The monoisotopic (exact) mass is 420 g/mol. The summed E-state index contributed by atoms with van der Waals surface area (Å²) >= 11 is 0. The molecule has 0 aliphatic rings. The van der Waals surface area contributed by atoms with E-state index in [2.05, 4.69) is 10.1 Å². The predicted octanol–water partition coefficient (Wildman–Crippen LogP) is 2.41. The van der Waals surface area contributed by atoms with Crippen LogP contribution in [0.1, 0.15) is 28.4 Å². The minimum Gasteiger partial charge on any atom is -0.496 e. The number of carbonyl (C=O) groups excluding carboxylic acids is 2. The van der Waals surface area contributed by atoms with Crippen molar-refractivity contribution in [3.05, 3.63) is 59.2 Å². The quantitative estimate of drug-likeness (QED) is 0.679. The van der Waals surface area contributed by atoms with Crippen LogP contribution in [0.5, 0.6) is 5.75 Å². The zero-order chi connectivity index (χ0) is 21.4. The molecule has 0 fully saturated rings. The van der Waals surface area contributed by atoms with E-state index < -0.39 is 16.1 Å². The van der Waals surface area contributed by atoms with Crippen LogP contribution in [0.2, 0.25) is 0 Å². The van der Waals surface area contributed by atoms with E-state index in [1.165, 1.54) is 19.2 Å². The summed E-state index contributed by atoms with van der Waals surface area (Å²) in [5.41, 5.74) is 2.24. The van der Waals surface area contributed by atoms with E-state index in [0.29, 0.717) is 24.3 Å². The topological polar surface area (TPSA) is 111 Å². The van der Waals surface area contributed by atoms with E-state index in [9.17, 15) is 18.0 Å². The third kappa shape index (κ3) is 6.21. The number of nitrogens with one attached hydrogen (secondary N) is 2. The lowest BCUT2D eigenvalue weighted by molar-refractivity contribution is 0.0951. The van der Waals surface area contributed by atoms with Crippen LogP contribution >= 0.6 is 0 Å². The van der Waals surface area contributed by atoms with E-state index in [4.69, 9.17) is 4.74 Å². The predicted molar refractivity (Wildman–Crippen MR) is 108 cm³/mol. The van der Waals surface area contributed by atoms with Crippen LogP contribution < -0.4 is 14.8 Å². The molecule has 0 unspecified atom stereocenters. The first kappa shape index (κ1) is 22.2. The maximum Gasteiger partial charge on any atom is 0.421 e. The van der Waals surface area contributed by atoms with E-state index >= 15 is 0 Å². The first-order chi connectivity index (χ1) is 13.8. The van der Waals surface area contributed by atoms with Gasteiger partial charge < -0.3 is 14.8 Å². The van der Waals surface area contributed by atoms with E-state index in [-0.39, 0.29) is 17.4 Å². The summed E-state index contributed by atoms with van der Waals surface area (Å²) < 4.78 is 35.8. The Balaban J connectivity index is 1.95. The fourth-order valence-corrected chi connectivity index (χ4v) is 3.47. The lowest BCUT2D eigenvalue weighted by Crippen LogP contribution is -2.31. The van der Waals surface area contributed by atoms with Gasteiger partial charge in [-0.2, -0.15) is 0 Å². The van der Waals surface area contributed by atoms with Crippen molar-refractivity contribution in [1.82, 2.24) is 10.0 Å². The Hall–Kier alpha value is -3.07. The van der Waals surface area contributed by atoms with Crippen molar-refractivity contribution in [3.63, 3.8) is 0 Å². The molecule has 0 radical (unpaired) electrons. The van der Waals surface area contributed by atoms with E-state index in [0.717, 1.165) is 11.1 Å². The van der Waals surface area contributed by atoms with Crippen molar-refractivity contribution >= 4 is 22.0 Å². The molecule has 29 heavy (non-hydrogen) atoms. The third-order valence-electron chi connectivity index (χ3n) is 4.03. The van der Waals surface area contributed by atoms with Gasteiger partial charge in [0, 0.05) is 6.54 Å². The summed E-state index contributed by atoms with van der Waals surface area (Å²) in [6.45, 7) is 3.90. The highest BCUT2D eigenvalue weighted by molar-refractivity contribution is 7.90. The Bertz CT molecular complexity index is 971. The van der Waals surface area contributed by atoms with Crippen molar-refractivity contribution < 1.29 is 27.5 Å². The number of hydrogen-bond donors (Lipinski definition) is 2. The number of hydrogen-bond acceptors (Lipinski definition) is 6. The molecule has 0 heterocycles. The molecule has 2 aromatic carbocycles. The Labute approximate surface area is 170 Å². The SMILES string of the molecule is CCOC(=O)NS(=O)(=O)c1ccc(CCNC(=O)c2cc(C)ccc2OC)cc1. The van der Waals surface area contributed by atoms with Crippen LogP contribution in [0.15, 0.2) is 47.4 Å². The third-order valence-corrected chi connectivity index (χ3v) is 5.35. The fourth-order valence-electron chi connectivity index (χ4n) is 2.58. The second-order valence-electron chi connectivity index (χ2n) is 6.18. The van der Waals surface area contributed by atoms with Gasteiger partial charge in [0.05, 0.1) is 24.2 Å². The van der Waals surface area contributed by atoms with Crippen molar-refractivity contribution in [2.24, 2.45) is 0 Å². The smallest absolute Gasteiger partial charge is 0.421 e. The number of aryl methyl sites for hydroxylation is 1.